The van der Waals surface area contributed by atoms with Crippen LogP contribution in [-0.2, 0) is 9.53 Å². The molecule has 1 heterocycles. The molecule has 104 valence electrons. The van der Waals surface area contributed by atoms with Gasteiger partial charge in [-0.15, -0.1) is 0 Å². The number of nitrogens with zero attached hydrogens (tertiary/aromatic N) is 2. The number of benzene rings is 1. The Kier molecular flexibility index (Phi) is 4.49. The summed E-state index contributed by atoms with van der Waals surface area (Å²) >= 11 is 0. The van der Waals surface area contributed by atoms with Crippen LogP contribution in [0.15, 0.2) is 40.9 Å². The summed E-state index contributed by atoms with van der Waals surface area (Å²) in [6.07, 6.45) is 1.37. The van der Waals surface area contributed by atoms with Crippen LogP contribution in [0.3, 0.4) is 0 Å². The summed E-state index contributed by atoms with van der Waals surface area (Å²) in [5.74, 6) is 0.303. The van der Waals surface area contributed by atoms with Gasteiger partial charge in [0.05, 0.1) is 12.3 Å². The Hall–Kier alpha value is -2.63. The lowest BCUT2D eigenvalue weighted by Crippen LogP contribution is -2.06. The van der Waals surface area contributed by atoms with E-state index < -0.39 is 5.97 Å². The number of carbonyl (C=O) groups excluding carboxylic acids is 1. The van der Waals surface area contributed by atoms with Crippen molar-refractivity contribution in [3.8, 4) is 0 Å². The van der Waals surface area contributed by atoms with Gasteiger partial charge in [-0.3, -0.25) is 0 Å². The summed E-state index contributed by atoms with van der Waals surface area (Å²) in [7, 11) is 0. The molecule has 0 saturated carbocycles. The Morgan fingerprint density at radius 1 is 1.40 bits per heavy atom. The third kappa shape index (κ3) is 3.68. The zero-order valence-electron chi connectivity index (χ0n) is 11.3. The van der Waals surface area contributed by atoms with Crippen molar-refractivity contribution in [3.63, 3.8) is 0 Å². The third-order valence-electron chi connectivity index (χ3n) is 2.41. The fraction of sp³-hybridized carbons (Fsp3) is 0.214. The van der Waals surface area contributed by atoms with E-state index in [-0.39, 0.29) is 0 Å². The average Bonchev–Trinajstić information content (AvgIpc) is 2.85. The van der Waals surface area contributed by atoms with E-state index in [4.69, 9.17) is 9.26 Å². The zero-order chi connectivity index (χ0) is 14.4. The summed E-state index contributed by atoms with van der Waals surface area (Å²) in [5, 5.41) is 6.69. The number of hydrogen-bond acceptors (Lipinski definition) is 6. The Labute approximate surface area is 116 Å². The van der Waals surface area contributed by atoms with Gasteiger partial charge >= 0.3 is 5.97 Å². The minimum absolute atomic E-state index is 0.293. The maximum Gasteiger partial charge on any atom is 0.332 e. The summed E-state index contributed by atoms with van der Waals surface area (Å²) in [4.78, 5) is 15.7. The molecular weight excluding hydrogens is 258 g/mol. The number of carbonyl (C=O) groups is 1. The molecule has 6 nitrogen and oxygen atoms in total. The van der Waals surface area contributed by atoms with E-state index in [9.17, 15) is 4.79 Å². The van der Waals surface area contributed by atoms with Crippen LogP contribution < -0.4 is 5.32 Å². The fourth-order valence-corrected chi connectivity index (χ4v) is 1.58. The zero-order valence-corrected chi connectivity index (χ0v) is 11.3. The Bertz CT molecular complexity index is 605. The molecule has 1 aromatic carbocycles. The topological polar surface area (TPSA) is 77.2 Å². The maximum absolute atomic E-state index is 11.6. The predicted octanol–water partition coefficient (Wildman–Crippen LogP) is 2.39. The predicted molar refractivity (Wildman–Crippen MR) is 73.7 cm³/mol. The Morgan fingerprint density at radius 2 is 2.15 bits per heavy atom. The number of hydrogen-bond donors (Lipinski definition) is 1. The molecule has 2 rings (SSSR count). The van der Waals surface area contributed by atoms with Gasteiger partial charge in [0.1, 0.15) is 0 Å². The van der Waals surface area contributed by atoms with Gasteiger partial charge in [-0.2, -0.15) is 4.98 Å². The summed E-state index contributed by atoms with van der Waals surface area (Å²) in [6, 6.07) is 9.37. The molecule has 6 heteroatoms. The lowest BCUT2D eigenvalue weighted by Gasteiger charge is -2.07. The fourth-order valence-electron chi connectivity index (χ4n) is 1.58. The number of aryl methyl sites for hydroxylation is 1. The van der Waals surface area contributed by atoms with Crippen molar-refractivity contribution in [1.29, 1.82) is 0 Å². The standard InChI is InChI=1S/C14H15N3O3/c1-3-19-13(18)9-12(11-7-5-4-6-8-11)16-14-15-10(2)20-17-14/h4-9H,3H2,1-2H3,(H,16,17)/b12-9+. The summed E-state index contributed by atoms with van der Waals surface area (Å²) in [6.45, 7) is 3.76. The van der Waals surface area contributed by atoms with Crippen molar-refractivity contribution >= 4 is 17.6 Å². The normalized spacial score (nSPS) is 11.2. The molecule has 1 aromatic heterocycles. The molecular formula is C14H15N3O3. The molecule has 0 radical (unpaired) electrons. The second-order valence-corrected chi connectivity index (χ2v) is 3.94. The number of esters is 1. The first-order valence-electron chi connectivity index (χ1n) is 6.20. The van der Waals surface area contributed by atoms with E-state index in [1.54, 1.807) is 13.8 Å². The van der Waals surface area contributed by atoms with Gasteiger partial charge in [-0.1, -0.05) is 30.3 Å². The summed E-state index contributed by atoms with van der Waals surface area (Å²) in [5.41, 5.74) is 1.37. The van der Waals surface area contributed by atoms with E-state index >= 15 is 0 Å². The average molecular weight is 273 g/mol. The molecule has 0 unspecified atom stereocenters. The minimum atomic E-state index is -0.431. The van der Waals surface area contributed by atoms with Gasteiger partial charge in [-0.05, 0) is 17.6 Å². The first kappa shape index (κ1) is 13.8. The lowest BCUT2D eigenvalue weighted by atomic mass is 10.1. The van der Waals surface area contributed by atoms with E-state index in [2.05, 4.69) is 15.5 Å². The first-order valence-corrected chi connectivity index (χ1v) is 6.20. The first-order chi connectivity index (χ1) is 9.69. The quantitative estimate of drug-likeness (QED) is 0.665. The molecule has 20 heavy (non-hydrogen) atoms. The van der Waals surface area contributed by atoms with Gasteiger partial charge in [0.25, 0.3) is 5.95 Å². The minimum Gasteiger partial charge on any atom is -0.463 e. The molecule has 0 atom stereocenters. The van der Waals surface area contributed by atoms with Crippen LogP contribution in [0.25, 0.3) is 5.70 Å². The largest absolute Gasteiger partial charge is 0.463 e. The number of rotatable bonds is 5. The van der Waals surface area contributed by atoms with Crippen LogP contribution in [0.2, 0.25) is 0 Å². The number of nitrogens with one attached hydrogen (secondary N) is 1. The monoisotopic (exact) mass is 273 g/mol. The van der Waals surface area contributed by atoms with Crippen molar-refractivity contribution in [3.05, 3.63) is 47.9 Å². The second kappa shape index (κ2) is 6.51. The van der Waals surface area contributed by atoms with Crippen LogP contribution in [0, 0.1) is 6.92 Å². The van der Waals surface area contributed by atoms with Crippen LogP contribution in [0.1, 0.15) is 18.4 Å². The molecule has 0 aliphatic rings. The highest BCUT2D eigenvalue weighted by Gasteiger charge is 2.09. The number of aromatic nitrogens is 2. The summed E-state index contributed by atoms with van der Waals surface area (Å²) < 4.78 is 9.80. The van der Waals surface area contributed by atoms with Gasteiger partial charge < -0.3 is 14.6 Å². The van der Waals surface area contributed by atoms with Crippen molar-refractivity contribution in [2.75, 3.05) is 11.9 Å². The molecule has 0 saturated heterocycles. The van der Waals surface area contributed by atoms with Crippen LogP contribution >= 0.6 is 0 Å². The smallest absolute Gasteiger partial charge is 0.332 e. The van der Waals surface area contributed by atoms with Gasteiger partial charge in [-0.25, -0.2) is 4.79 Å². The highest BCUT2D eigenvalue weighted by molar-refractivity contribution is 5.93. The third-order valence-corrected chi connectivity index (χ3v) is 2.41. The van der Waals surface area contributed by atoms with E-state index in [1.807, 2.05) is 30.3 Å². The number of anilines is 1. The van der Waals surface area contributed by atoms with Crippen molar-refractivity contribution in [2.45, 2.75) is 13.8 Å². The molecule has 2 aromatic rings. The van der Waals surface area contributed by atoms with Crippen molar-refractivity contribution in [1.82, 2.24) is 10.1 Å². The lowest BCUT2D eigenvalue weighted by molar-refractivity contribution is -0.137. The highest BCUT2D eigenvalue weighted by Crippen LogP contribution is 2.16. The molecule has 0 aliphatic heterocycles. The molecule has 0 spiro atoms. The van der Waals surface area contributed by atoms with Gasteiger partial charge in [0.15, 0.2) is 0 Å². The van der Waals surface area contributed by atoms with Crippen LogP contribution in [-0.4, -0.2) is 22.7 Å². The molecule has 0 fully saturated rings. The van der Waals surface area contributed by atoms with Crippen LogP contribution in [0.5, 0.6) is 0 Å². The van der Waals surface area contributed by atoms with Gasteiger partial charge in [0.2, 0.25) is 5.89 Å². The molecule has 0 bridgehead atoms. The van der Waals surface area contributed by atoms with E-state index in [0.717, 1.165) is 5.56 Å². The number of ether oxygens (including phenoxy) is 1. The Balaban J connectivity index is 2.27. The SMILES string of the molecule is CCOC(=O)/C=C(/Nc1noc(C)n1)c1ccccc1. The molecule has 0 aliphatic carbocycles. The van der Waals surface area contributed by atoms with E-state index in [0.29, 0.717) is 24.1 Å². The van der Waals surface area contributed by atoms with Gasteiger partial charge in [0, 0.05) is 13.0 Å². The Morgan fingerprint density at radius 3 is 2.75 bits per heavy atom. The maximum atomic E-state index is 11.6. The van der Waals surface area contributed by atoms with Crippen molar-refractivity contribution in [2.24, 2.45) is 0 Å². The second-order valence-electron chi connectivity index (χ2n) is 3.94. The highest BCUT2D eigenvalue weighted by atomic mass is 16.5. The molecule has 0 amide bonds. The van der Waals surface area contributed by atoms with Crippen molar-refractivity contribution < 1.29 is 14.1 Å². The van der Waals surface area contributed by atoms with E-state index in [1.165, 1.54) is 6.08 Å². The van der Waals surface area contributed by atoms with Crippen LogP contribution in [0.4, 0.5) is 5.95 Å². The molecule has 1 N–H and O–H groups in total.